The summed E-state index contributed by atoms with van der Waals surface area (Å²) in [5, 5.41) is 26.5. The number of halogens is 3. The van der Waals surface area contributed by atoms with E-state index in [2.05, 4.69) is 51.1 Å². The Balaban J connectivity index is 1.68. The summed E-state index contributed by atoms with van der Waals surface area (Å²) >= 11 is 0. The number of carbonyl (C=O) groups excluding carboxylic acids is 1. The molecule has 1 aliphatic rings. The molecule has 1 unspecified atom stereocenters. The minimum absolute atomic E-state index is 0.0544. The van der Waals surface area contributed by atoms with E-state index in [4.69, 9.17) is 0 Å². The fourth-order valence-electron chi connectivity index (χ4n) is 4.31. The standard InChI is InChI=1S/C23H26F3N7O3/c1-13(2)29-22(3)5-6-33(12-22)21-27-10-16(30-31-21)19-17(34)7-14(15-9-28-32(4)11-15)8-18(19)36-20(35)23(24,25)26/h7-11,13,29,34H,5-6,12H2,1-4H3. The molecule has 1 saturated heterocycles. The fraction of sp³-hybridized carbons (Fsp3) is 0.435. The summed E-state index contributed by atoms with van der Waals surface area (Å²) in [5.41, 5.74) is 0.368. The Hall–Kier alpha value is -3.74. The van der Waals surface area contributed by atoms with Crippen molar-refractivity contribution in [1.29, 1.82) is 0 Å². The summed E-state index contributed by atoms with van der Waals surface area (Å²) in [6.07, 6.45) is -0.0464. The number of aromatic hydroxyl groups is 1. The Morgan fingerprint density at radius 3 is 2.56 bits per heavy atom. The second kappa shape index (κ2) is 9.37. The van der Waals surface area contributed by atoms with Gasteiger partial charge in [-0.15, -0.1) is 10.2 Å². The van der Waals surface area contributed by atoms with Crippen molar-refractivity contribution in [2.45, 2.75) is 44.9 Å². The molecule has 192 valence electrons. The summed E-state index contributed by atoms with van der Waals surface area (Å²) in [6, 6.07) is 2.82. The Morgan fingerprint density at radius 2 is 1.97 bits per heavy atom. The smallest absolute Gasteiger partial charge is 0.491 e. The van der Waals surface area contributed by atoms with Crippen LogP contribution in [0.3, 0.4) is 0 Å². The van der Waals surface area contributed by atoms with E-state index >= 15 is 0 Å². The van der Waals surface area contributed by atoms with Crippen LogP contribution in [-0.2, 0) is 11.8 Å². The Labute approximate surface area is 205 Å². The average Bonchev–Trinajstić information content (AvgIpc) is 3.38. The molecule has 1 atom stereocenters. The third-order valence-electron chi connectivity index (χ3n) is 5.75. The molecule has 4 rings (SSSR count). The molecule has 3 aromatic rings. The summed E-state index contributed by atoms with van der Waals surface area (Å²) in [7, 11) is 1.66. The highest BCUT2D eigenvalue weighted by Crippen LogP contribution is 2.41. The van der Waals surface area contributed by atoms with Gasteiger partial charge >= 0.3 is 12.1 Å². The third-order valence-corrected chi connectivity index (χ3v) is 5.75. The lowest BCUT2D eigenvalue weighted by molar-refractivity contribution is -0.189. The number of esters is 1. The first kappa shape index (κ1) is 25.4. The van der Waals surface area contributed by atoms with Gasteiger partial charge in [-0.2, -0.15) is 18.3 Å². The Bertz CT molecular complexity index is 1260. The highest BCUT2D eigenvalue weighted by atomic mass is 19.4. The van der Waals surface area contributed by atoms with E-state index in [9.17, 15) is 23.1 Å². The first-order valence-corrected chi connectivity index (χ1v) is 11.2. The minimum Gasteiger partial charge on any atom is -0.507 e. The van der Waals surface area contributed by atoms with Crippen molar-refractivity contribution >= 4 is 11.9 Å². The van der Waals surface area contributed by atoms with Gasteiger partial charge in [0.15, 0.2) is 0 Å². The zero-order valence-corrected chi connectivity index (χ0v) is 20.2. The van der Waals surface area contributed by atoms with Gasteiger partial charge in [0.05, 0.1) is 18.0 Å². The number of aromatic nitrogens is 5. The van der Waals surface area contributed by atoms with Crippen molar-refractivity contribution < 1.29 is 27.8 Å². The number of nitrogens with zero attached hydrogens (tertiary/aromatic N) is 6. The summed E-state index contributed by atoms with van der Waals surface area (Å²) in [5.74, 6) is -3.08. The monoisotopic (exact) mass is 505 g/mol. The molecule has 1 aromatic carbocycles. The van der Waals surface area contributed by atoms with Gasteiger partial charge in [-0.3, -0.25) is 4.68 Å². The molecule has 0 aliphatic carbocycles. The molecule has 0 amide bonds. The maximum absolute atomic E-state index is 13.0. The van der Waals surface area contributed by atoms with Crippen LogP contribution in [0.2, 0.25) is 0 Å². The molecule has 2 N–H and O–H groups in total. The molecule has 3 heterocycles. The molecule has 13 heteroatoms. The lowest BCUT2D eigenvalue weighted by atomic mass is 10.0. The number of hydrogen-bond donors (Lipinski definition) is 2. The van der Waals surface area contributed by atoms with Crippen molar-refractivity contribution in [3.05, 3.63) is 30.7 Å². The van der Waals surface area contributed by atoms with Crippen LogP contribution in [0.25, 0.3) is 22.4 Å². The van der Waals surface area contributed by atoms with E-state index in [1.54, 1.807) is 13.2 Å². The molecule has 2 aromatic heterocycles. The number of phenols is 1. The molecular weight excluding hydrogens is 479 g/mol. The van der Waals surface area contributed by atoms with Gasteiger partial charge in [-0.25, -0.2) is 9.78 Å². The second-order valence-electron chi connectivity index (χ2n) is 9.33. The highest BCUT2D eigenvalue weighted by Gasteiger charge is 2.42. The number of benzene rings is 1. The number of carbonyl (C=O) groups is 1. The van der Waals surface area contributed by atoms with Gasteiger partial charge < -0.3 is 20.1 Å². The van der Waals surface area contributed by atoms with Gasteiger partial charge in [-0.05, 0) is 31.0 Å². The Morgan fingerprint density at radius 1 is 1.22 bits per heavy atom. The molecule has 0 radical (unpaired) electrons. The second-order valence-corrected chi connectivity index (χ2v) is 9.33. The number of nitrogens with one attached hydrogen (secondary N) is 1. The summed E-state index contributed by atoms with van der Waals surface area (Å²) < 4.78 is 45.0. The predicted molar refractivity (Wildman–Crippen MR) is 124 cm³/mol. The van der Waals surface area contributed by atoms with Crippen molar-refractivity contribution in [2.75, 3.05) is 18.0 Å². The van der Waals surface area contributed by atoms with Crippen LogP contribution in [0.4, 0.5) is 19.1 Å². The van der Waals surface area contributed by atoms with E-state index in [0.29, 0.717) is 36.2 Å². The normalized spacial score (nSPS) is 18.2. The lowest BCUT2D eigenvalue weighted by Crippen LogP contribution is -2.48. The van der Waals surface area contributed by atoms with Crippen LogP contribution in [0, 0.1) is 0 Å². The SMILES string of the molecule is CC(C)NC1(C)CCN(c2ncc(-c3c(O)cc(-c4cnn(C)c4)cc3OC(=O)C(F)(F)F)nn2)C1. The van der Waals surface area contributed by atoms with E-state index in [-0.39, 0.29) is 16.8 Å². The molecular formula is C23H26F3N7O3. The molecule has 36 heavy (non-hydrogen) atoms. The Kier molecular flexibility index (Phi) is 6.60. The van der Waals surface area contributed by atoms with E-state index in [1.165, 1.54) is 29.2 Å². The van der Waals surface area contributed by atoms with Crippen molar-refractivity contribution in [1.82, 2.24) is 30.3 Å². The van der Waals surface area contributed by atoms with E-state index in [1.807, 2.05) is 4.90 Å². The van der Waals surface area contributed by atoms with E-state index in [0.717, 1.165) is 6.42 Å². The number of alkyl halides is 3. The van der Waals surface area contributed by atoms with Crippen molar-refractivity contribution in [3.8, 4) is 33.9 Å². The van der Waals surface area contributed by atoms with Crippen LogP contribution in [-0.4, -0.2) is 66.9 Å². The maximum Gasteiger partial charge on any atom is 0.491 e. The molecule has 1 aliphatic heterocycles. The van der Waals surface area contributed by atoms with E-state index < -0.39 is 23.6 Å². The van der Waals surface area contributed by atoms with Gasteiger partial charge in [0, 0.05) is 43.5 Å². The molecule has 0 saturated carbocycles. The number of aryl methyl sites for hydroxylation is 1. The largest absolute Gasteiger partial charge is 0.507 e. The minimum atomic E-state index is -5.24. The lowest BCUT2D eigenvalue weighted by Gasteiger charge is -2.28. The molecule has 1 fully saturated rings. The van der Waals surface area contributed by atoms with Crippen LogP contribution < -0.4 is 15.0 Å². The van der Waals surface area contributed by atoms with Crippen LogP contribution in [0.5, 0.6) is 11.5 Å². The van der Waals surface area contributed by atoms with Crippen LogP contribution >= 0.6 is 0 Å². The topological polar surface area (TPSA) is 118 Å². The summed E-state index contributed by atoms with van der Waals surface area (Å²) in [6.45, 7) is 7.58. The number of rotatable bonds is 6. The van der Waals surface area contributed by atoms with Gasteiger partial charge in [0.25, 0.3) is 0 Å². The number of ether oxygens (including phenoxy) is 1. The van der Waals surface area contributed by atoms with Gasteiger partial charge in [0.2, 0.25) is 5.95 Å². The highest BCUT2D eigenvalue weighted by molar-refractivity contribution is 5.85. The van der Waals surface area contributed by atoms with Crippen LogP contribution in [0.15, 0.2) is 30.7 Å². The number of hydrogen-bond acceptors (Lipinski definition) is 9. The predicted octanol–water partition coefficient (Wildman–Crippen LogP) is 3.08. The van der Waals surface area contributed by atoms with Crippen molar-refractivity contribution in [2.24, 2.45) is 7.05 Å². The zero-order valence-electron chi connectivity index (χ0n) is 20.2. The first-order chi connectivity index (χ1) is 16.8. The molecule has 0 spiro atoms. The first-order valence-electron chi connectivity index (χ1n) is 11.2. The van der Waals surface area contributed by atoms with Gasteiger partial charge in [0.1, 0.15) is 17.2 Å². The quantitative estimate of drug-likeness (QED) is 0.385. The average molecular weight is 506 g/mol. The van der Waals surface area contributed by atoms with Crippen LogP contribution in [0.1, 0.15) is 27.2 Å². The number of anilines is 1. The summed E-state index contributed by atoms with van der Waals surface area (Å²) in [4.78, 5) is 17.9. The third kappa shape index (κ3) is 5.40. The maximum atomic E-state index is 13.0. The molecule has 0 bridgehead atoms. The number of phenolic OH excluding ortho intramolecular Hbond substituents is 1. The zero-order chi connectivity index (χ0) is 26.3. The fourth-order valence-corrected chi connectivity index (χ4v) is 4.31. The van der Waals surface area contributed by atoms with Crippen molar-refractivity contribution in [3.63, 3.8) is 0 Å². The molecule has 10 nitrogen and oxygen atoms in total. The van der Waals surface area contributed by atoms with Gasteiger partial charge in [-0.1, -0.05) is 13.8 Å².